The molecule has 5 aromatic carbocycles. The number of hydrogen-bond donors (Lipinski definition) is 0. The van der Waals surface area contributed by atoms with Crippen molar-refractivity contribution < 1.29 is 0 Å². The maximum Gasteiger partial charge on any atom is 0.0545 e. The van der Waals surface area contributed by atoms with E-state index in [2.05, 4.69) is 155 Å². The van der Waals surface area contributed by atoms with Crippen molar-refractivity contribution in [1.82, 2.24) is 4.57 Å². The lowest BCUT2D eigenvalue weighted by Gasteiger charge is -2.42. The van der Waals surface area contributed by atoms with Crippen molar-refractivity contribution in [3.8, 4) is 5.69 Å². The van der Waals surface area contributed by atoms with Crippen LogP contribution in [0.1, 0.15) is 25.0 Å². The molecule has 0 atom stereocenters. The fourth-order valence-electron chi connectivity index (χ4n) is 5.88. The van der Waals surface area contributed by atoms with Crippen molar-refractivity contribution in [3.63, 3.8) is 0 Å². The summed E-state index contributed by atoms with van der Waals surface area (Å²) in [5.41, 5.74) is 9.81. The predicted octanol–water partition coefficient (Wildman–Crippen LogP) is 9.66. The standard InChI is InChI=1S/C33H25BrN2/c1-33(2)27-13-7-9-15-30(27)36(24-18-16-22(34)17-19-24)32-20-26-25-12-6-8-14-29(25)35(31(26)21-28(32)33)23-10-4-3-5-11-23/h3-21H,1-2H3. The minimum absolute atomic E-state index is 0.149. The Labute approximate surface area is 219 Å². The van der Waals surface area contributed by atoms with Crippen LogP contribution in [0.15, 0.2) is 120 Å². The van der Waals surface area contributed by atoms with Crippen LogP contribution in [0.4, 0.5) is 17.1 Å². The molecule has 0 bridgehead atoms. The van der Waals surface area contributed by atoms with Gasteiger partial charge in [0.15, 0.2) is 0 Å². The van der Waals surface area contributed by atoms with Crippen LogP contribution in [0.3, 0.4) is 0 Å². The molecule has 1 aliphatic rings. The minimum atomic E-state index is -0.149. The summed E-state index contributed by atoms with van der Waals surface area (Å²) in [5.74, 6) is 0. The number of anilines is 3. The van der Waals surface area contributed by atoms with E-state index in [1.54, 1.807) is 0 Å². The number of benzene rings is 5. The number of para-hydroxylation sites is 3. The molecule has 0 N–H and O–H groups in total. The molecule has 0 unspecified atom stereocenters. The number of rotatable bonds is 2. The predicted molar refractivity (Wildman–Crippen MR) is 155 cm³/mol. The van der Waals surface area contributed by atoms with E-state index < -0.39 is 0 Å². The zero-order valence-corrected chi connectivity index (χ0v) is 21.8. The van der Waals surface area contributed by atoms with Crippen molar-refractivity contribution in [2.45, 2.75) is 19.3 Å². The largest absolute Gasteiger partial charge is 0.310 e. The van der Waals surface area contributed by atoms with Gasteiger partial charge >= 0.3 is 0 Å². The minimum Gasteiger partial charge on any atom is -0.310 e. The zero-order chi connectivity index (χ0) is 24.4. The van der Waals surface area contributed by atoms with E-state index in [-0.39, 0.29) is 5.41 Å². The van der Waals surface area contributed by atoms with Gasteiger partial charge in [0, 0.05) is 32.0 Å². The number of nitrogens with zero attached hydrogens (tertiary/aromatic N) is 2. The SMILES string of the molecule is CC1(C)c2ccccc2N(c2ccc(Br)cc2)c2cc3c4ccccc4n(-c4ccccc4)c3cc21. The van der Waals surface area contributed by atoms with E-state index in [4.69, 9.17) is 0 Å². The van der Waals surface area contributed by atoms with Crippen LogP contribution in [-0.4, -0.2) is 4.57 Å². The number of halogens is 1. The smallest absolute Gasteiger partial charge is 0.0545 e. The third-order valence-corrected chi connectivity index (χ3v) is 8.15. The average molecular weight is 529 g/mol. The third-order valence-electron chi connectivity index (χ3n) is 7.62. The summed E-state index contributed by atoms with van der Waals surface area (Å²) >= 11 is 3.61. The van der Waals surface area contributed by atoms with Gasteiger partial charge in [-0.3, -0.25) is 0 Å². The van der Waals surface area contributed by atoms with Gasteiger partial charge in [-0.1, -0.05) is 84.4 Å². The highest BCUT2D eigenvalue weighted by atomic mass is 79.9. The van der Waals surface area contributed by atoms with Crippen molar-refractivity contribution in [2.24, 2.45) is 0 Å². The molecule has 0 saturated carbocycles. The molecule has 2 nitrogen and oxygen atoms in total. The van der Waals surface area contributed by atoms with Crippen LogP contribution < -0.4 is 4.90 Å². The maximum atomic E-state index is 3.61. The van der Waals surface area contributed by atoms with Crippen molar-refractivity contribution >= 4 is 54.8 Å². The molecule has 36 heavy (non-hydrogen) atoms. The summed E-state index contributed by atoms with van der Waals surface area (Å²) in [7, 11) is 0. The molecule has 1 aromatic heterocycles. The molecule has 0 radical (unpaired) electrons. The van der Waals surface area contributed by atoms with E-state index in [9.17, 15) is 0 Å². The van der Waals surface area contributed by atoms with Gasteiger partial charge in [0.2, 0.25) is 0 Å². The Bertz CT molecular complexity index is 1760. The Morgan fingerprint density at radius 2 is 1.25 bits per heavy atom. The van der Waals surface area contributed by atoms with E-state index >= 15 is 0 Å². The molecule has 7 rings (SSSR count). The molecular formula is C33H25BrN2. The van der Waals surface area contributed by atoms with Crippen molar-refractivity contribution in [3.05, 3.63) is 131 Å². The second-order valence-corrected chi connectivity index (χ2v) is 10.9. The lowest BCUT2D eigenvalue weighted by molar-refractivity contribution is 0.632. The van der Waals surface area contributed by atoms with Crippen LogP contribution in [0.25, 0.3) is 27.5 Å². The molecule has 0 spiro atoms. The molecule has 3 heteroatoms. The summed E-state index contributed by atoms with van der Waals surface area (Å²) in [4.78, 5) is 2.43. The highest BCUT2D eigenvalue weighted by Gasteiger charge is 2.37. The van der Waals surface area contributed by atoms with Crippen LogP contribution >= 0.6 is 15.9 Å². The summed E-state index contributed by atoms with van der Waals surface area (Å²) in [6.45, 7) is 4.70. The van der Waals surface area contributed by atoms with Gasteiger partial charge in [0.25, 0.3) is 0 Å². The Kier molecular flexibility index (Phi) is 4.67. The Morgan fingerprint density at radius 3 is 2.06 bits per heavy atom. The molecule has 1 aliphatic heterocycles. The van der Waals surface area contributed by atoms with E-state index in [0.29, 0.717) is 0 Å². The van der Waals surface area contributed by atoms with Gasteiger partial charge in [-0.25, -0.2) is 0 Å². The number of fused-ring (bicyclic) bond motifs is 5. The first kappa shape index (κ1) is 21.5. The molecule has 2 heterocycles. The maximum absolute atomic E-state index is 3.61. The quantitative estimate of drug-likeness (QED) is 0.217. The first-order valence-electron chi connectivity index (χ1n) is 12.3. The first-order chi connectivity index (χ1) is 17.5. The monoisotopic (exact) mass is 528 g/mol. The molecule has 0 aliphatic carbocycles. The van der Waals surface area contributed by atoms with E-state index in [1.165, 1.54) is 50.0 Å². The number of hydrogen-bond acceptors (Lipinski definition) is 1. The summed E-state index contributed by atoms with van der Waals surface area (Å²) < 4.78 is 3.49. The van der Waals surface area contributed by atoms with E-state index in [1.807, 2.05) is 0 Å². The average Bonchev–Trinajstić information content (AvgIpc) is 3.23. The first-order valence-corrected chi connectivity index (χ1v) is 13.1. The lowest BCUT2D eigenvalue weighted by Crippen LogP contribution is -2.30. The van der Waals surface area contributed by atoms with Crippen LogP contribution in [-0.2, 0) is 5.41 Å². The molecule has 0 saturated heterocycles. The van der Waals surface area contributed by atoms with Crippen LogP contribution in [0.2, 0.25) is 0 Å². The summed E-state index contributed by atoms with van der Waals surface area (Å²) in [6.07, 6.45) is 0. The van der Waals surface area contributed by atoms with Crippen LogP contribution in [0.5, 0.6) is 0 Å². The van der Waals surface area contributed by atoms with Crippen molar-refractivity contribution in [2.75, 3.05) is 4.90 Å². The molecule has 0 amide bonds. The molecule has 0 fully saturated rings. The number of aromatic nitrogens is 1. The summed E-state index contributed by atoms with van der Waals surface area (Å²) in [6, 6.07) is 41.8. The second kappa shape index (κ2) is 7.84. The molecule has 6 aromatic rings. The third kappa shape index (κ3) is 3.02. The molecular weight excluding hydrogens is 504 g/mol. The van der Waals surface area contributed by atoms with Crippen molar-refractivity contribution in [1.29, 1.82) is 0 Å². The van der Waals surface area contributed by atoms with Gasteiger partial charge in [-0.15, -0.1) is 0 Å². The Hall–Kier alpha value is -3.82. The zero-order valence-electron chi connectivity index (χ0n) is 20.2. The summed E-state index contributed by atoms with van der Waals surface area (Å²) in [5, 5.41) is 2.54. The fourth-order valence-corrected chi connectivity index (χ4v) is 6.15. The normalized spacial score (nSPS) is 14.1. The highest BCUT2D eigenvalue weighted by Crippen LogP contribution is 2.53. The van der Waals surface area contributed by atoms with Gasteiger partial charge in [0.05, 0.1) is 22.4 Å². The Balaban J connectivity index is 1.61. The van der Waals surface area contributed by atoms with Crippen LogP contribution in [0, 0.1) is 0 Å². The topological polar surface area (TPSA) is 8.17 Å². The van der Waals surface area contributed by atoms with Gasteiger partial charge in [0.1, 0.15) is 0 Å². The van der Waals surface area contributed by atoms with Gasteiger partial charge in [-0.05, 0) is 71.8 Å². The fraction of sp³-hybridized carbons (Fsp3) is 0.0909. The molecule has 174 valence electrons. The lowest BCUT2D eigenvalue weighted by atomic mass is 9.73. The van der Waals surface area contributed by atoms with Gasteiger partial charge in [-0.2, -0.15) is 0 Å². The second-order valence-electron chi connectivity index (χ2n) is 10.0. The van der Waals surface area contributed by atoms with Gasteiger partial charge < -0.3 is 9.47 Å². The van der Waals surface area contributed by atoms with E-state index in [0.717, 1.165) is 10.2 Å². The Morgan fingerprint density at radius 1 is 0.556 bits per heavy atom. The highest BCUT2D eigenvalue weighted by molar-refractivity contribution is 9.10.